The molecule has 7 heteroatoms. The largest absolute Gasteiger partial charge is 0.354 e. The van der Waals surface area contributed by atoms with Crippen molar-refractivity contribution in [2.75, 3.05) is 23.3 Å². The van der Waals surface area contributed by atoms with Crippen LogP contribution in [0.2, 0.25) is 0 Å². The molecule has 0 saturated carbocycles. The van der Waals surface area contributed by atoms with Crippen molar-refractivity contribution in [3.8, 4) is 11.4 Å². The Morgan fingerprint density at radius 1 is 0.897 bits per heavy atom. The Bertz CT molecular complexity index is 1100. The van der Waals surface area contributed by atoms with Gasteiger partial charge in [-0.3, -0.25) is 4.40 Å². The predicted octanol–water partition coefficient (Wildman–Crippen LogP) is 3.79. The molecule has 4 aromatic rings. The van der Waals surface area contributed by atoms with Gasteiger partial charge in [0.2, 0.25) is 5.95 Å². The van der Waals surface area contributed by atoms with Gasteiger partial charge in [0.15, 0.2) is 11.5 Å². The van der Waals surface area contributed by atoms with Gasteiger partial charge in [0.05, 0.1) is 17.6 Å². The van der Waals surface area contributed by atoms with Gasteiger partial charge in [-0.05, 0) is 30.9 Å². The van der Waals surface area contributed by atoms with E-state index >= 15 is 0 Å². The van der Waals surface area contributed by atoms with Crippen LogP contribution < -0.4 is 10.2 Å². The number of imidazole rings is 1. The summed E-state index contributed by atoms with van der Waals surface area (Å²) in [5.74, 6) is 1.56. The maximum Gasteiger partial charge on any atom is 0.223 e. The minimum Gasteiger partial charge on any atom is -0.354 e. The highest BCUT2D eigenvalue weighted by atomic mass is 15.2. The summed E-state index contributed by atoms with van der Waals surface area (Å²) in [5, 5.41) is 3.30. The van der Waals surface area contributed by atoms with E-state index in [1.54, 1.807) is 6.20 Å². The minimum absolute atomic E-state index is 0.603. The second kappa shape index (κ2) is 7.87. The average Bonchev–Trinajstić information content (AvgIpc) is 3.24. The smallest absolute Gasteiger partial charge is 0.223 e. The third-order valence-electron chi connectivity index (χ3n) is 5.28. The van der Waals surface area contributed by atoms with Gasteiger partial charge in [0.1, 0.15) is 0 Å². The lowest BCUT2D eigenvalue weighted by molar-refractivity contribution is 0.574. The number of nitrogens with zero attached hydrogens (tertiary/aromatic N) is 6. The van der Waals surface area contributed by atoms with Crippen molar-refractivity contribution < 1.29 is 0 Å². The Labute approximate surface area is 169 Å². The van der Waals surface area contributed by atoms with E-state index in [1.165, 1.54) is 24.8 Å². The number of fused-ring (bicyclic) bond motifs is 1. The molecular formula is C22H23N7. The minimum atomic E-state index is 0.603. The Morgan fingerprint density at radius 2 is 1.76 bits per heavy atom. The first kappa shape index (κ1) is 17.6. The summed E-state index contributed by atoms with van der Waals surface area (Å²) < 4.78 is 2.07. The van der Waals surface area contributed by atoms with Crippen LogP contribution in [-0.4, -0.2) is 37.4 Å². The molecule has 1 aromatic carbocycles. The molecule has 1 aliphatic heterocycles. The summed E-state index contributed by atoms with van der Waals surface area (Å²) in [7, 11) is 0. The first-order valence-electron chi connectivity index (χ1n) is 10.1. The van der Waals surface area contributed by atoms with Crippen LogP contribution in [0, 0.1) is 0 Å². The molecule has 0 spiro atoms. The van der Waals surface area contributed by atoms with Crippen LogP contribution in [0.25, 0.3) is 17.0 Å². The number of benzene rings is 1. The van der Waals surface area contributed by atoms with Gasteiger partial charge in [0, 0.05) is 38.2 Å². The third kappa shape index (κ3) is 3.63. The Hall–Kier alpha value is -3.48. The number of aromatic nitrogens is 5. The van der Waals surface area contributed by atoms with Crippen LogP contribution >= 0.6 is 0 Å². The van der Waals surface area contributed by atoms with Crippen molar-refractivity contribution in [3.05, 3.63) is 66.7 Å². The predicted molar refractivity (Wildman–Crippen MR) is 114 cm³/mol. The number of piperidine rings is 1. The summed E-state index contributed by atoms with van der Waals surface area (Å²) in [6.07, 6.45) is 11.1. The zero-order chi connectivity index (χ0) is 19.5. The molecule has 0 aliphatic carbocycles. The molecular weight excluding hydrogens is 362 g/mol. The van der Waals surface area contributed by atoms with Gasteiger partial charge in [-0.2, -0.15) is 0 Å². The van der Waals surface area contributed by atoms with E-state index in [-0.39, 0.29) is 0 Å². The summed E-state index contributed by atoms with van der Waals surface area (Å²) in [4.78, 5) is 20.7. The van der Waals surface area contributed by atoms with E-state index in [9.17, 15) is 0 Å². The monoisotopic (exact) mass is 385 g/mol. The van der Waals surface area contributed by atoms with Crippen molar-refractivity contribution in [1.82, 2.24) is 24.3 Å². The number of hydrogen-bond acceptors (Lipinski definition) is 6. The zero-order valence-corrected chi connectivity index (χ0v) is 16.2. The standard InChI is InChI=1S/C22H23N7/c1-3-7-17(8-4-1)15-26-22-24-10-9-18(27-22)19-16-25-21-20(23-11-14-29(19)21)28-12-5-2-6-13-28/h1,3-4,7-11,14,16H,2,5-6,12-13,15H2,(H,24,26,27). The van der Waals surface area contributed by atoms with E-state index in [0.717, 1.165) is 35.9 Å². The number of rotatable bonds is 5. The second-order valence-corrected chi connectivity index (χ2v) is 7.24. The van der Waals surface area contributed by atoms with Crippen LogP contribution in [0.4, 0.5) is 11.8 Å². The number of nitrogens with one attached hydrogen (secondary N) is 1. The Balaban J connectivity index is 1.43. The van der Waals surface area contributed by atoms with Gasteiger partial charge < -0.3 is 10.2 Å². The molecule has 5 rings (SSSR count). The molecule has 3 aromatic heterocycles. The molecule has 29 heavy (non-hydrogen) atoms. The summed E-state index contributed by atoms with van der Waals surface area (Å²) in [5.41, 5.74) is 3.83. The highest BCUT2D eigenvalue weighted by Gasteiger charge is 2.18. The zero-order valence-electron chi connectivity index (χ0n) is 16.2. The van der Waals surface area contributed by atoms with Crippen molar-refractivity contribution in [2.45, 2.75) is 25.8 Å². The van der Waals surface area contributed by atoms with Crippen LogP contribution in [0.1, 0.15) is 24.8 Å². The molecule has 0 bridgehead atoms. The van der Waals surface area contributed by atoms with Gasteiger partial charge in [-0.15, -0.1) is 0 Å². The summed E-state index contributed by atoms with van der Waals surface area (Å²) in [6.45, 7) is 2.76. The number of anilines is 2. The lowest BCUT2D eigenvalue weighted by atomic mass is 10.1. The molecule has 1 saturated heterocycles. The first-order valence-corrected chi connectivity index (χ1v) is 10.1. The molecule has 7 nitrogen and oxygen atoms in total. The summed E-state index contributed by atoms with van der Waals surface area (Å²) in [6, 6.07) is 12.1. The lowest BCUT2D eigenvalue weighted by Crippen LogP contribution is -2.30. The molecule has 1 N–H and O–H groups in total. The van der Waals surface area contributed by atoms with Gasteiger partial charge in [0.25, 0.3) is 0 Å². The van der Waals surface area contributed by atoms with Gasteiger partial charge >= 0.3 is 0 Å². The van der Waals surface area contributed by atoms with E-state index in [2.05, 4.69) is 41.7 Å². The van der Waals surface area contributed by atoms with Crippen molar-refractivity contribution >= 4 is 17.4 Å². The fourth-order valence-corrected chi connectivity index (χ4v) is 3.79. The van der Waals surface area contributed by atoms with Gasteiger partial charge in [-0.1, -0.05) is 30.3 Å². The third-order valence-corrected chi connectivity index (χ3v) is 5.28. The quantitative estimate of drug-likeness (QED) is 0.564. The molecule has 0 atom stereocenters. The van der Waals surface area contributed by atoms with Crippen molar-refractivity contribution in [1.29, 1.82) is 0 Å². The van der Waals surface area contributed by atoms with Crippen LogP contribution in [0.5, 0.6) is 0 Å². The fraction of sp³-hybridized carbons (Fsp3) is 0.273. The molecule has 0 radical (unpaired) electrons. The molecule has 4 heterocycles. The highest BCUT2D eigenvalue weighted by Crippen LogP contribution is 2.26. The van der Waals surface area contributed by atoms with E-state index in [0.29, 0.717) is 12.5 Å². The average molecular weight is 385 g/mol. The van der Waals surface area contributed by atoms with Crippen LogP contribution in [-0.2, 0) is 6.54 Å². The topological polar surface area (TPSA) is 71.2 Å². The molecule has 0 unspecified atom stereocenters. The Morgan fingerprint density at radius 3 is 2.62 bits per heavy atom. The highest BCUT2D eigenvalue weighted by molar-refractivity contribution is 5.70. The maximum absolute atomic E-state index is 4.71. The second-order valence-electron chi connectivity index (χ2n) is 7.24. The summed E-state index contributed by atoms with van der Waals surface area (Å²) >= 11 is 0. The maximum atomic E-state index is 4.71. The van der Waals surface area contributed by atoms with E-state index < -0.39 is 0 Å². The SMILES string of the molecule is c1ccc(CNc2nccc(-c3cnc4c(N5CCCCC5)nccn34)n2)cc1. The lowest BCUT2D eigenvalue weighted by Gasteiger charge is -2.27. The van der Waals surface area contributed by atoms with Gasteiger partial charge in [-0.25, -0.2) is 19.9 Å². The van der Waals surface area contributed by atoms with Crippen molar-refractivity contribution in [3.63, 3.8) is 0 Å². The normalized spacial score (nSPS) is 14.3. The van der Waals surface area contributed by atoms with Crippen LogP contribution in [0.3, 0.4) is 0 Å². The first-order chi connectivity index (χ1) is 14.4. The van der Waals surface area contributed by atoms with E-state index in [4.69, 9.17) is 4.98 Å². The molecule has 1 fully saturated rings. The Kier molecular flexibility index (Phi) is 4.78. The molecule has 146 valence electrons. The molecule has 1 aliphatic rings. The van der Waals surface area contributed by atoms with Crippen LogP contribution in [0.15, 0.2) is 61.2 Å². The number of hydrogen-bond donors (Lipinski definition) is 1. The fourth-order valence-electron chi connectivity index (χ4n) is 3.79. The van der Waals surface area contributed by atoms with Crippen molar-refractivity contribution in [2.24, 2.45) is 0 Å². The van der Waals surface area contributed by atoms with E-state index in [1.807, 2.05) is 42.9 Å². The molecule has 0 amide bonds.